The number of nitrogens with one attached hydrogen (secondary N) is 1. The molecule has 0 radical (unpaired) electrons. The normalized spacial score (nSPS) is 17.8. The molecule has 1 aliphatic rings. The maximum absolute atomic E-state index is 13.2. The first kappa shape index (κ1) is 12.8. The molecule has 2 rings (SSSR count). The molecule has 1 nitrogen and oxygen atoms in total. The average Bonchev–Trinajstić information content (AvgIpc) is 2.26. The van der Waals surface area contributed by atoms with Gasteiger partial charge in [0.25, 0.3) is 0 Å². The highest BCUT2D eigenvalue weighted by Gasteiger charge is 2.22. The largest absolute Gasteiger partial charge is 0.317 e. The summed E-state index contributed by atoms with van der Waals surface area (Å²) in [5, 5.41) is 3.98. The highest BCUT2D eigenvalue weighted by atomic mass is 35.5. The lowest BCUT2D eigenvalue weighted by Gasteiger charge is -2.29. The summed E-state index contributed by atoms with van der Waals surface area (Å²) < 4.78 is 13.2. The fourth-order valence-electron chi connectivity index (χ4n) is 2.40. The van der Waals surface area contributed by atoms with Crippen molar-refractivity contribution in [1.82, 2.24) is 5.32 Å². The van der Waals surface area contributed by atoms with Gasteiger partial charge in [-0.15, -0.1) is 0 Å². The SMILES string of the molecule is CNC(Cc1cc(F)ccc1Cl)CC1CCC1. The minimum atomic E-state index is -0.206. The predicted molar refractivity (Wildman–Crippen MR) is 69.9 cm³/mol. The van der Waals surface area contributed by atoms with Crippen molar-refractivity contribution in [1.29, 1.82) is 0 Å². The number of rotatable bonds is 5. The van der Waals surface area contributed by atoms with Gasteiger partial charge < -0.3 is 5.32 Å². The van der Waals surface area contributed by atoms with E-state index in [4.69, 9.17) is 11.6 Å². The van der Waals surface area contributed by atoms with Crippen LogP contribution < -0.4 is 5.32 Å². The van der Waals surface area contributed by atoms with Gasteiger partial charge in [0.1, 0.15) is 5.82 Å². The summed E-state index contributed by atoms with van der Waals surface area (Å²) in [5.41, 5.74) is 0.908. The molecule has 1 aliphatic carbocycles. The van der Waals surface area contributed by atoms with Crippen molar-refractivity contribution in [2.75, 3.05) is 7.05 Å². The van der Waals surface area contributed by atoms with Crippen LogP contribution in [0, 0.1) is 11.7 Å². The second-order valence-electron chi connectivity index (χ2n) is 4.96. The van der Waals surface area contributed by atoms with Gasteiger partial charge >= 0.3 is 0 Å². The number of benzene rings is 1. The van der Waals surface area contributed by atoms with E-state index >= 15 is 0 Å². The summed E-state index contributed by atoms with van der Waals surface area (Å²) in [4.78, 5) is 0. The summed E-state index contributed by atoms with van der Waals surface area (Å²) in [6, 6.07) is 5.00. The third-order valence-electron chi connectivity index (χ3n) is 3.72. The van der Waals surface area contributed by atoms with Gasteiger partial charge in [0, 0.05) is 11.1 Å². The fourth-order valence-corrected chi connectivity index (χ4v) is 2.59. The molecule has 1 unspecified atom stereocenters. The first-order valence-corrected chi connectivity index (χ1v) is 6.68. The zero-order valence-electron chi connectivity index (χ0n) is 10.2. The van der Waals surface area contributed by atoms with Crippen LogP contribution in [0.2, 0.25) is 5.02 Å². The molecule has 1 aromatic carbocycles. The van der Waals surface area contributed by atoms with Crippen molar-refractivity contribution >= 4 is 11.6 Å². The highest BCUT2D eigenvalue weighted by Crippen LogP contribution is 2.31. The summed E-state index contributed by atoms with van der Waals surface area (Å²) in [6.45, 7) is 0. The lowest BCUT2D eigenvalue weighted by Crippen LogP contribution is -2.32. The molecular weight excluding hydrogens is 237 g/mol. The van der Waals surface area contributed by atoms with Crippen LogP contribution in [0.1, 0.15) is 31.2 Å². The topological polar surface area (TPSA) is 12.0 Å². The first-order chi connectivity index (χ1) is 8.19. The number of hydrogen-bond donors (Lipinski definition) is 1. The number of likely N-dealkylation sites (N-methyl/N-ethyl adjacent to an activating group) is 1. The van der Waals surface area contributed by atoms with Crippen molar-refractivity contribution in [2.24, 2.45) is 5.92 Å². The third-order valence-corrected chi connectivity index (χ3v) is 4.09. The molecule has 0 saturated heterocycles. The Morgan fingerprint density at radius 1 is 1.47 bits per heavy atom. The second kappa shape index (κ2) is 5.83. The van der Waals surface area contributed by atoms with E-state index in [0.29, 0.717) is 11.1 Å². The van der Waals surface area contributed by atoms with Crippen molar-refractivity contribution in [3.05, 3.63) is 34.6 Å². The van der Waals surface area contributed by atoms with Gasteiger partial charge in [0.15, 0.2) is 0 Å². The molecule has 0 spiro atoms. The Hall–Kier alpha value is -0.600. The van der Waals surface area contributed by atoms with Crippen LogP contribution in [0.15, 0.2) is 18.2 Å². The smallest absolute Gasteiger partial charge is 0.123 e. The first-order valence-electron chi connectivity index (χ1n) is 6.30. The molecule has 94 valence electrons. The molecule has 1 atom stereocenters. The van der Waals surface area contributed by atoms with Crippen LogP contribution in [0.25, 0.3) is 0 Å². The Morgan fingerprint density at radius 3 is 2.82 bits per heavy atom. The molecule has 17 heavy (non-hydrogen) atoms. The Kier molecular flexibility index (Phi) is 4.41. The van der Waals surface area contributed by atoms with Gasteiger partial charge in [-0.25, -0.2) is 4.39 Å². The Labute approximate surface area is 107 Å². The minimum absolute atomic E-state index is 0.206. The van der Waals surface area contributed by atoms with E-state index in [-0.39, 0.29) is 5.82 Å². The van der Waals surface area contributed by atoms with E-state index in [1.807, 2.05) is 7.05 Å². The lowest BCUT2D eigenvalue weighted by atomic mass is 9.80. The van der Waals surface area contributed by atoms with Gasteiger partial charge in [-0.1, -0.05) is 30.9 Å². The third kappa shape index (κ3) is 3.43. The molecule has 0 aliphatic heterocycles. The van der Waals surface area contributed by atoms with Crippen LogP contribution in [-0.2, 0) is 6.42 Å². The maximum Gasteiger partial charge on any atom is 0.123 e. The van der Waals surface area contributed by atoms with Crippen LogP contribution in [-0.4, -0.2) is 13.1 Å². The minimum Gasteiger partial charge on any atom is -0.317 e. The zero-order valence-corrected chi connectivity index (χ0v) is 10.9. The summed E-state index contributed by atoms with van der Waals surface area (Å²) >= 11 is 6.09. The molecule has 1 aromatic rings. The summed E-state index contributed by atoms with van der Waals surface area (Å²) in [6.07, 6.45) is 6.03. The Morgan fingerprint density at radius 2 is 2.24 bits per heavy atom. The monoisotopic (exact) mass is 255 g/mol. The van der Waals surface area contributed by atoms with E-state index in [0.717, 1.165) is 17.9 Å². The van der Waals surface area contributed by atoms with Gasteiger partial charge in [0.2, 0.25) is 0 Å². The van der Waals surface area contributed by atoms with Gasteiger partial charge in [-0.3, -0.25) is 0 Å². The summed E-state index contributed by atoms with van der Waals surface area (Å²) in [7, 11) is 1.97. The molecule has 1 N–H and O–H groups in total. The van der Waals surface area contributed by atoms with E-state index in [2.05, 4.69) is 5.32 Å². The maximum atomic E-state index is 13.2. The summed E-state index contributed by atoms with van der Waals surface area (Å²) in [5.74, 6) is 0.641. The van der Waals surface area contributed by atoms with E-state index in [1.54, 1.807) is 12.1 Å². The van der Waals surface area contributed by atoms with Crippen molar-refractivity contribution in [3.8, 4) is 0 Å². The lowest BCUT2D eigenvalue weighted by molar-refractivity contribution is 0.263. The van der Waals surface area contributed by atoms with Gasteiger partial charge in [-0.05, 0) is 49.6 Å². The highest BCUT2D eigenvalue weighted by molar-refractivity contribution is 6.31. The molecule has 0 heterocycles. The predicted octanol–water partition coefficient (Wildman–Crippen LogP) is 3.80. The molecule has 0 aromatic heterocycles. The molecule has 3 heteroatoms. The average molecular weight is 256 g/mol. The molecule has 1 fully saturated rings. The van der Waals surface area contributed by atoms with Crippen LogP contribution in [0.3, 0.4) is 0 Å². The standard InChI is InChI=1S/C14H19ClFN/c1-17-13(7-10-3-2-4-10)9-11-8-12(16)5-6-14(11)15/h5-6,8,10,13,17H,2-4,7,9H2,1H3. The zero-order chi connectivity index (χ0) is 12.3. The van der Waals surface area contributed by atoms with E-state index in [9.17, 15) is 4.39 Å². The van der Waals surface area contributed by atoms with Gasteiger partial charge in [-0.2, -0.15) is 0 Å². The fraction of sp³-hybridized carbons (Fsp3) is 0.571. The number of halogens is 2. The van der Waals surface area contributed by atoms with Crippen molar-refractivity contribution < 1.29 is 4.39 Å². The van der Waals surface area contributed by atoms with E-state index in [1.165, 1.54) is 31.7 Å². The molecule has 0 bridgehead atoms. The van der Waals surface area contributed by atoms with Crippen molar-refractivity contribution in [3.63, 3.8) is 0 Å². The van der Waals surface area contributed by atoms with Crippen LogP contribution in [0.5, 0.6) is 0 Å². The van der Waals surface area contributed by atoms with Crippen LogP contribution in [0.4, 0.5) is 4.39 Å². The molecular formula is C14H19ClFN. The Balaban J connectivity index is 1.98. The molecule has 0 amide bonds. The van der Waals surface area contributed by atoms with E-state index < -0.39 is 0 Å². The quantitative estimate of drug-likeness (QED) is 0.844. The molecule has 1 saturated carbocycles. The van der Waals surface area contributed by atoms with Crippen LogP contribution >= 0.6 is 11.6 Å². The van der Waals surface area contributed by atoms with Crippen molar-refractivity contribution in [2.45, 2.75) is 38.1 Å². The number of hydrogen-bond acceptors (Lipinski definition) is 1. The Bertz CT molecular complexity index is 376. The second-order valence-corrected chi connectivity index (χ2v) is 5.37. The van der Waals surface area contributed by atoms with Gasteiger partial charge in [0.05, 0.1) is 0 Å².